The lowest BCUT2D eigenvalue weighted by Crippen LogP contribution is -2.44. The van der Waals surface area contributed by atoms with Gasteiger partial charge in [-0.2, -0.15) is 11.8 Å². The molecule has 1 unspecified atom stereocenters. The van der Waals surface area contributed by atoms with Crippen molar-refractivity contribution in [1.29, 1.82) is 0 Å². The number of rotatable bonds is 10. The van der Waals surface area contributed by atoms with Crippen molar-refractivity contribution in [2.24, 2.45) is 11.3 Å². The van der Waals surface area contributed by atoms with Crippen molar-refractivity contribution in [3.63, 3.8) is 0 Å². The average molecular weight is 535 g/mol. The molecule has 37 heavy (non-hydrogen) atoms. The van der Waals surface area contributed by atoms with Crippen LogP contribution in [-0.2, 0) is 25.7 Å². The average Bonchev–Trinajstić information content (AvgIpc) is 3.32. The summed E-state index contributed by atoms with van der Waals surface area (Å²) >= 11 is 1.59. The van der Waals surface area contributed by atoms with Crippen LogP contribution in [0.4, 0.5) is 0 Å². The molecule has 7 nitrogen and oxygen atoms in total. The molecule has 1 fully saturated rings. The Hall–Kier alpha value is -2.50. The Morgan fingerprint density at radius 1 is 1.19 bits per heavy atom. The molecule has 1 aromatic rings. The zero-order valence-corrected chi connectivity index (χ0v) is 24.2. The number of methoxy groups -OCH3 is 1. The Kier molecular flexibility index (Phi) is 17.4. The first-order valence-electron chi connectivity index (χ1n) is 12.7. The smallest absolute Gasteiger partial charge is 0.329 e. The Bertz CT molecular complexity index is 821. The third-order valence-electron chi connectivity index (χ3n) is 5.41. The van der Waals surface area contributed by atoms with E-state index in [-0.39, 0.29) is 29.9 Å². The first-order valence-corrected chi connectivity index (χ1v) is 13.8. The number of esters is 1. The second-order valence-corrected chi connectivity index (χ2v) is 11.6. The van der Waals surface area contributed by atoms with E-state index in [1.54, 1.807) is 11.8 Å². The monoisotopic (exact) mass is 534 g/mol. The lowest BCUT2D eigenvalue weighted by molar-refractivity contribution is -0.144. The van der Waals surface area contributed by atoms with Gasteiger partial charge in [-0.15, -0.1) is 12.8 Å². The highest BCUT2D eigenvalue weighted by Gasteiger charge is 2.30. The number of terminal acetylenes is 1. The summed E-state index contributed by atoms with van der Waals surface area (Å²) in [6.07, 6.45) is 11.0. The van der Waals surface area contributed by atoms with Gasteiger partial charge in [-0.3, -0.25) is 9.59 Å². The van der Waals surface area contributed by atoms with Crippen LogP contribution >= 0.6 is 11.8 Å². The first-order chi connectivity index (χ1) is 17.5. The molecule has 1 aliphatic rings. The number of thioether (sulfide) groups is 1. The third-order valence-corrected chi connectivity index (χ3v) is 6.60. The minimum absolute atomic E-state index is 0.140. The number of ether oxygens (including phenoxy) is 1. The third kappa shape index (κ3) is 15.4. The number of carbonyl (C=O) groups is 3. The van der Waals surface area contributed by atoms with E-state index in [2.05, 4.69) is 32.0 Å². The maximum absolute atomic E-state index is 12.4. The van der Waals surface area contributed by atoms with E-state index < -0.39 is 12.0 Å². The van der Waals surface area contributed by atoms with Crippen LogP contribution in [0.2, 0.25) is 0 Å². The molecule has 0 spiro atoms. The molecule has 0 radical (unpaired) electrons. The second-order valence-electron chi connectivity index (χ2n) is 10.5. The van der Waals surface area contributed by atoms with E-state index >= 15 is 0 Å². The second kappa shape index (κ2) is 18.7. The van der Waals surface area contributed by atoms with Crippen LogP contribution in [0.3, 0.4) is 0 Å². The van der Waals surface area contributed by atoms with E-state index in [4.69, 9.17) is 9.84 Å². The molecule has 0 aliphatic carbocycles. The van der Waals surface area contributed by atoms with Crippen LogP contribution in [0, 0.1) is 24.2 Å². The van der Waals surface area contributed by atoms with E-state index in [1.807, 2.05) is 56.0 Å². The molecule has 0 aromatic heterocycles. The maximum atomic E-state index is 12.4. The van der Waals surface area contributed by atoms with Crippen molar-refractivity contribution in [1.82, 2.24) is 10.2 Å². The van der Waals surface area contributed by atoms with Crippen molar-refractivity contribution in [2.45, 2.75) is 79.0 Å². The molecule has 1 aliphatic heterocycles. The molecule has 1 saturated heterocycles. The molecule has 1 heterocycles. The van der Waals surface area contributed by atoms with E-state index in [0.717, 1.165) is 30.7 Å². The highest BCUT2D eigenvalue weighted by atomic mass is 32.2. The fourth-order valence-corrected chi connectivity index (χ4v) is 4.96. The number of hydrogen-bond donors (Lipinski definition) is 2. The zero-order chi connectivity index (χ0) is 28.4. The SMILES string of the molecule is C#C.COC(=O)C(CSC[C@@H]1CCCN1C(=O)CC(C)C)NC(=O)CC(C)(C)C.OCc1ccccc1. The maximum Gasteiger partial charge on any atom is 0.329 e. The summed E-state index contributed by atoms with van der Waals surface area (Å²) in [6.45, 7) is 11.0. The number of benzene rings is 1. The summed E-state index contributed by atoms with van der Waals surface area (Å²) in [6, 6.07) is 9.08. The number of nitrogens with zero attached hydrogens (tertiary/aromatic N) is 1. The Balaban J connectivity index is 0.00000108. The van der Waals surface area contributed by atoms with Gasteiger partial charge in [0.2, 0.25) is 11.8 Å². The number of amides is 2. The van der Waals surface area contributed by atoms with Gasteiger partial charge < -0.3 is 20.1 Å². The summed E-state index contributed by atoms with van der Waals surface area (Å²) in [5.74, 6) is 1.22. The topological polar surface area (TPSA) is 95.9 Å². The number of aliphatic hydroxyl groups excluding tert-OH is 1. The predicted molar refractivity (Wildman–Crippen MR) is 152 cm³/mol. The van der Waals surface area contributed by atoms with Crippen LogP contribution < -0.4 is 5.32 Å². The molecule has 2 N–H and O–H groups in total. The highest BCUT2D eigenvalue weighted by Crippen LogP contribution is 2.24. The summed E-state index contributed by atoms with van der Waals surface area (Å²) in [4.78, 5) is 38.6. The minimum atomic E-state index is -0.656. The van der Waals surface area contributed by atoms with Gasteiger partial charge in [0.25, 0.3) is 0 Å². The number of aliphatic hydroxyl groups is 1. The summed E-state index contributed by atoms with van der Waals surface area (Å²) in [5, 5.41) is 11.3. The molecule has 1 aromatic carbocycles. The number of likely N-dealkylation sites (tertiary alicyclic amines) is 1. The summed E-state index contributed by atoms with van der Waals surface area (Å²) < 4.78 is 4.84. The fourth-order valence-electron chi connectivity index (χ4n) is 3.75. The van der Waals surface area contributed by atoms with Crippen LogP contribution in [-0.4, -0.2) is 65.0 Å². The molecular formula is C29H46N2O5S. The highest BCUT2D eigenvalue weighted by molar-refractivity contribution is 7.99. The van der Waals surface area contributed by atoms with Crippen molar-refractivity contribution in [2.75, 3.05) is 25.2 Å². The van der Waals surface area contributed by atoms with Gasteiger partial charge in [-0.1, -0.05) is 65.0 Å². The molecule has 2 atom stereocenters. The van der Waals surface area contributed by atoms with E-state index in [9.17, 15) is 14.4 Å². The molecule has 2 rings (SSSR count). The van der Waals surface area contributed by atoms with Gasteiger partial charge in [-0.05, 0) is 29.7 Å². The number of hydrogen-bond acceptors (Lipinski definition) is 6. The van der Waals surface area contributed by atoms with Crippen molar-refractivity contribution >= 4 is 29.5 Å². The van der Waals surface area contributed by atoms with Crippen LogP contribution in [0.1, 0.15) is 65.9 Å². The van der Waals surface area contributed by atoms with E-state index in [1.165, 1.54) is 7.11 Å². The number of carbonyl (C=O) groups excluding carboxylic acids is 3. The lowest BCUT2D eigenvalue weighted by Gasteiger charge is -2.26. The van der Waals surface area contributed by atoms with Gasteiger partial charge >= 0.3 is 5.97 Å². The van der Waals surface area contributed by atoms with Gasteiger partial charge in [-0.25, -0.2) is 4.79 Å². The summed E-state index contributed by atoms with van der Waals surface area (Å²) in [5.41, 5.74) is 0.825. The molecule has 0 bridgehead atoms. The largest absolute Gasteiger partial charge is 0.467 e. The molecule has 208 valence electrons. The van der Waals surface area contributed by atoms with Gasteiger partial charge in [0, 0.05) is 36.9 Å². The Morgan fingerprint density at radius 2 is 1.81 bits per heavy atom. The van der Waals surface area contributed by atoms with Gasteiger partial charge in [0.15, 0.2) is 0 Å². The summed E-state index contributed by atoms with van der Waals surface area (Å²) in [7, 11) is 1.33. The number of nitrogens with one attached hydrogen (secondary N) is 1. The van der Waals surface area contributed by atoms with Crippen LogP contribution in [0.5, 0.6) is 0 Å². The Morgan fingerprint density at radius 3 is 2.30 bits per heavy atom. The standard InChI is InChI=1S/C20H36N2O4S.C7H8O.C2H2/c1-14(2)10-18(24)22-9-7-8-15(22)12-27-13-16(19(25)26-6)21-17(23)11-20(3,4)5;8-6-7-4-2-1-3-5-7;1-2/h14-16H,7-13H2,1-6H3,(H,21,23);1-5,8H,6H2;1-2H/t15-,16?;;/m0../s1. The van der Waals surface area contributed by atoms with Crippen molar-refractivity contribution < 1.29 is 24.2 Å². The fraction of sp³-hybridized carbons (Fsp3) is 0.621. The quantitative estimate of drug-likeness (QED) is 0.344. The molecule has 8 heteroatoms. The van der Waals surface area contributed by atoms with Crippen LogP contribution in [0.15, 0.2) is 30.3 Å². The molecule has 2 amide bonds. The van der Waals surface area contributed by atoms with Crippen molar-refractivity contribution in [3.8, 4) is 12.8 Å². The predicted octanol–water partition coefficient (Wildman–Crippen LogP) is 4.28. The van der Waals surface area contributed by atoms with E-state index in [0.29, 0.717) is 24.5 Å². The lowest BCUT2D eigenvalue weighted by atomic mass is 9.92. The van der Waals surface area contributed by atoms with Gasteiger partial charge in [0.1, 0.15) is 6.04 Å². The van der Waals surface area contributed by atoms with Gasteiger partial charge in [0.05, 0.1) is 13.7 Å². The Labute approximate surface area is 228 Å². The first kappa shape index (κ1) is 34.5. The minimum Gasteiger partial charge on any atom is -0.467 e. The zero-order valence-electron chi connectivity index (χ0n) is 23.4. The van der Waals surface area contributed by atoms with Crippen LogP contribution in [0.25, 0.3) is 0 Å². The molecule has 0 saturated carbocycles. The van der Waals surface area contributed by atoms with Crippen molar-refractivity contribution in [3.05, 3.63) is 35.9 Å². The molecular weight excluding hydrogens is 488 g/mol. The normalized spacial score (nSPS) is 15.5.